The van der Waals surface area contributed by atoms with E-state index in [1.54, 1.807) is 73.3 Å². The quantitative estimate of drug-likeness (QED) is 0.383. The molecule has 228 valence electrons. The highest BCUT2D eigenvalue weighted by molar-refractivity contribution is 7.93. The summed E-state index contributed by atoms with van der Waals surface area (Å²) in [5.74, 6) is -1.57. The lowest BCUT2D eigenvalue weighted by atomic mass is 10.0. The summed E-state index contributed by atoms with van der Waals surface area (Å²) in [5.41, 5.74) is 2.67. The van der Waals surface area contributed by atoms with Crippen molar-refractivity contribution in [2.75, 3.05) is 22.7 Å². The van der Waals surface area contributed by atoms with E-state index in [0.717, 1.165) is 22.7 Å². The Labute approximate surface area is 261 Å². The summed E-state index contributed by atoms with van der Waals surface area (Å²) in [7, 11) is -4.35. The number of nitriles is 1. The molecule has 1 saturated heterocycles. The molecule has 1 fully saturated rings. The van der Waals surface area contributed by atoms with Gasteiger partial charge in [-0.2, -0.15) is 5.26 Å². The molecule has 3 amide bonds. The van der Waals surface area contributed by atoms with Gasteiger partial charge >= 0.3 is 0 Å². The summed E-state index contributed by atoms with van der Waals surface area (Å²) in [6.45, 7) is 4.46. The summed E-state index contributed by atoms with van der Waals surface area (Å²) < 4.78 is 29.5. The SMILES string of the molecule is Cc1cc(S(=O)(=O)N2c3ccccc3NC(=O)C2CC(=O)N[C@H](Cc2ccc(C#N)cc2)C(=O)N2CCCC2)c(C)cc1Cl. The Hall–Kier alpha value is -4.40. The van der Waals surface area contributed by atoms with Gasteiger partial charge in [-0.1, -0.05) is 35.9 Å². The van der Waals surface area contributed by atoms with Crippen LogP contribution < -0.4 is 14.9 Å². The van der Waals surface area contributed by atoms with Crippen LogP contribution in [0, 0.1) is 25.2 Å². The minimum Gasteiger partial charge on any atom is -0.344 e. The van der Waals surface area contributed by atoms with Gasteiger partial charge in [0.25, 0.3) is 10.0 Å². The van der Waals surface area contributed by atoms with Crippen LogP contribution >= 0.6 is 11.6 Å². The van der Waals surface area contributed by atoms with E-state index >= 15 is 0 Å². The molecule has 3 aromatic rings. The molecule has 1 unspecified atom stereocenters. The van der Waals surface area contributed by atoms with Crippen LogP contribution in [0.2, 0.25) is 5.02 Å². The standard InChI is InChI=1S/C32H32ClN5O5S/c1-20-16-29(21(2)15-24(20)33)44(42,43)38-27-8-4-3-7-25(27)36-31(40)28(38)18-30(39)35-26(32(41)37-13-5-6-14-37)17-22-9-11-23(19-34)12-10-22/h3-4,7-12,15-16,26,28H,5-6,13-14,17-18H2,1-2H3,(H,35,39)(H,36,40)/t26-,28?/m1/s1. The van der Waals surface area contributed by atoms with Crippen LogP contribution in [0.1, 0.15) is 41.5 Å². The fourth-order valence-electron chi connectivity index (χ4n) is 5.61. The molecule has 0 saturated carbocycles. The van der Waals surface area contributed by atoms with Gasteiger partial charge in [0.05, 0.1) is 34.3 Å². The minimum atomic E-state index is -4.35. The van der Waals surface area contributed by atoms with Crippen LogP contribution in [0.5, 0.6) is 0 Å². The summed E-state index contributed by atoms with van der Waals surface area (Å²) in [6, 6.07) is 15.9. The molecular weight excluding hydrogens is 602 g/mol. The first kappa shape index (κ1) is 31.0. The highest BCUT2D eigenvalue weighted by atomic mass is 35.5. The average molecular weight is 634 g/mol. The van der Waals surface area contributed by atoms with Crippen molar-refractivity contribution in [3.8, 4) is 6.07 Å². The number of fused-ring (bicyclic) bond motifs is 1. The van der Waals surface area contributed by atoms with Crippen LogP contribution in [0.3, 0.4) is 0 Å². The number of para-hydroxylation sites is 2. The molecule has 2 atom stereocenters. The molecule has 0 bridgehead atoms. The second-order valence-corrected chi connectivity index (χ2v) is 13.2. The van der Waals surface area contributed by atoms with E-state index in [-0.39, 0.29) is 22.9 Å². The zero-order chi connectivity index (χ0) is 31.6. The molecule has 5 rings (SSSR count). The fraction of sp³-hybridized carbons (Fsp3) is 0.312. The molecular formula is C32H32ClN5O5S. The number of benzene rings is 3. The first-order chi connectivity index (χ1) is 21.0. The highest BCUT2D eigenvalue weighted by Gasteiger charge is 2.43. The average Bonchev–Trinajstić information content (AvgIpc) is 3.54. The number of carbonyl (C=O) groups excluding carboxylic acids is 3. The Morgan fingerprint density at radius 1 is 1.07 bits per heavy atom. The van der Waals surface area contributed by atoms with Crippen LogP contribution in [-0.4, -0.2) is 56.2 Å². The van der Waals surface area contributed by atoms with Crippen molar-refractivity contribution in [2.45, 2.75) is 56.5 Å². The lowest BCUT2D eigenvalue weighted by Gasteiger charge is -2.37. The number of nitrogens with zero attached hydrogens (tertiary/aromatic N) is 3. The number of nitrogens with one attached hydrogen (secondary N) is 2. The third kappa shape index (κ3) is 6.27. The monoisotopic (exact) mass is 633 g/mol. The Kier molecular flexibility index (Phi) is 8.95. The smallest absolute Gasteiger partial charge is 0.265 e. The van der Waals surface area contributed by atoms with Crippen molar-refractivity contribution in [3.05, 3.63) is 87.9 Å². The first-order valence-corrected chi connectivity index (χ1v) is 16.1. The third-order valence-electron chi connectivity index (χ3n) is 7.93. The molecule has 0 radical (unpaired) electrons. The number of amides is 3. The van der Waals surface area contributed by atoms with Crippen molar-refractivity contribution in [2.24, 2.45) is 0 Å². The van der Waals surface area contributed by atoms with Crippen molar-refractivity contribution >= 4 is 50.7 Å². The highest BCUT2D eigenvalue weighted by Crippen LogP contribution is 2.38. The first-order valence-electron chi connectivity index (χ1n) is 14.3. The van der Waals surface area contributed by atoms with Gasteiger partial charge in [0.15, 0.2) is 0 Å². The molecule has 44 heavy (non-hydrogen) atoms. The number of carbonyl (C=O) groups is 3. The van der Waals surface area contributed by atoms with Gasteiger partial charge in [0.2, 0.25) is 17.7 Å². The molecule has 2 N–H and O–H groups in total. The second-order valence-electron chi connectivity index (χ2n) is 11.1. The molecule has 3 aromatic carbocycles. The number of hydrogen-bond acceptors (Lipinski definition) is 6. The number of halogens is 1. The Morgan fingerprint density at radius 2 is 1.75 bits per heavy atom. The summed E-state index contributed by atoms with van der Waals surface area (Å²) in [5, 5.41) is 15.1. The van der Waals surface area contributed by atoms with Gasteiger partial charge in [0, 0.05) is 24.5 Å². The summed E-state index contributed by atoms with van der Waals surface area (Å²) in [6.07, 6.45) is 1.36. The van der Waals surface area contributed by atoms with E-state index in [4.69, 9.17) is 16.9 Å². The van der Waals surface area contributed by atoms with Crippen molar-refractivity contribution < 1.29 is 22.8 Å². The number of hydrogen-bond donors (Lipinski definition) is 2. The maximum Gasteiger partial charge on any atom is 0.265 e. The van der Waals surface area contributed by atoms with Gasteiger partial charge < -0.3 is 15.5 Å². The maximum atomic E-state index is 14.3. The molecule has 12 heteroatoms. The largest absolute Gasteiger partial charge is 0.344 e. The third-order valence-corrected chi connectivity index (χ3v) is 10.3. The van der Waals surface area contributed by atoms with Crippen molar-refractivity contribution in [3.63, 3.8) is 0 Å². The number of rotatable bonds is 8. The van der Waals surface area contributed by atoms with E-state index in [0.29, 0.717) is 40.5 Å². The summed E-state index contributed by atoms with van der Waals surface area (Å²) >= 11 is 6.25. The van der Waals surface area contributed by atoms with Gasteiger partial charge in [-0.25, -0.2) is 8.42 Å². The van der Waals surface area contributed by atoms with E-state index in [2.05, 4.69) is 16.7 Å². The Balaban J connectivity index is 1.47. The number of aryl methyl sites for hydroxylation is 2. The normalized spacial score (nSPS) is 17.0. The van der Waals surface area contributed by atoms with E-state index in [9.17, 15) is 22.8 Å². The van der Waals surface area contributed by atoms with Gasteiger partial charge in [-0.3, -0.25) is 18.7 Å². The number of likely N-dealkylation sites (tertiary alicyclic amines) is 1. The zero-order valence-electron chi connectivity index (χ0n) is 24.3. The molecule has 2 aliphatic rings. The summed E-state index contributed by atoms with van der Waals surface area (Å²) in [4.78, 5) is 42.2. The predicted octanol–water partition coefficient (Wildman–Crippen LogP) is 4.08. The van der Waals surface area contributed by atoms with Crippen LogP contribution in [-0.2, 0) is 30.8 Å². The zero-order valence-corrected chi connectivity index (χ0v) is 25.9. The van der Waals surface area contributed by atoms with Crippen LogP contribution in [0.15, 0.2) is 65.6 Å². The molecule has 0 aromatic heterocycles. The molecule has 0 spiro atoms. The molecule has 10 nitrogen and oxygen atoms in total. The van der Waals surface area contributed by atoms with E-state index < -0.39 is 40.3 Å². The predicted molar refractivity (Wildman–Crippen MR) is 167 cm³/mol. The molecule has 0 aliphatic carbocycles. The minimum absolute atomic E-state index is 0.0304. The van der Waals surface area contributed by atoms with Crippen molar-refractivity contribution in [1.82, 2.24) is 10.2 Å². The van der Waals surface area contributed by atoms with Crippen LogP contribution in [0.25, 0.3) is 0 Å². The fourth-order valence-corrected chi connectivity index (χ4v) is 7.76. The lowest BCUT2D eigenvalue weighted by molar-refractivity contribution is -0.135. The number of sulfonamides is 1. The molecule has 2 aliphatic heterocycles. The lowest BCUT2D eigenvalue weighted by Crippen LogP contribution is -2.55. The van der Waals surface area contributed by atoms with E-state index in [1.807, 2.05) is 0 Å². The second kappa shape index (κ2) is 12.7. The maximum absolute atomic E-state index is 14.3. The van der Waals surface area contributed by atoms with Crippen molar-refractivity contribution in [1.29, 1.82) is 5.26 Å². The van der Waals surface area contributed by atoms with Gasteiger partial charge in [-0.15, -0.1) is 0 Å². The Bertz CT molecular complexity index is 1760. The van der Waals surface area contributed by atoms with Gasteiger partial charge in [-0.05, 0) is 79.8 Å². The van der Waals surface area contributed by atoms with Gasteiger partial charge in [0.1, 0.15) is 12.1 Å². The topological polar surface area (TPSA) is 140 Å². The number of anilines is 2. The van der Waals surface area contributed by atoms with Crippen LogP contribution in [0.4, 0.5) is 11.4 Å². The molecule has 2 heterocycles. The Morgan fingerprint density at radius 3 is 2.43 bits per heavy atom. The van der Waals surface area contributed by atoms with E-state index in [1.165, 1.54) is 6.07 Å².